The van der Waals surface area contributed by atoms with Crippen LogP contribution >= 0.6 is 0 Å². The largest absolute Gasteiger partial charge is 0.481 e. The molecule has 4 aliphatic carbocycles. The van der Waals surface area contributed by atoms with Crippen LogP contribution in [0.3, 0.4) is 0 Å². The number of aliphatic carboxylic acids is 1. The number of aliphatic hydroxyl groups excluding tert-OH is 1. The van der Waals surface area contributed by atoms with E-state index in [1.54, 1.807) is 0 Å². The summed E-state index contributed by atoms with van der Waals surface area (Å²) in [6, 6.07) is 0. The Labute approximate surface area is 183 Å². The zero-order valence-corrected chi connectivity index (χ0v) is 19.4. The Morgan fingerprint density at radius 2 is 1.87 bits per heavy atom. The van der Waals surface area contributed by atoms with E-state index in [0.29, 0.717) is 23.2 Å². The Kier molecular flexibility index (Phi) is 5.98. The highest BCUT2D eigenvalue weighted by molar-refractivity contribution is 5.76. The molecule has 0 aromatic heterocycles. The Hall–Kier alpha value is -1.09. The van der Waals surface area contributed by atoms with Crippen molar-refractivity contribution in [2.24, 2.45) is 46.3 Å². The number of fused-ring (bicyclic) bond motifs is 5. The number of aliphatic hydroxyl groups is 1. The molecule has 8 atom stereocenters. The second kappa shape index (κ2) is 8.11. The average molecular weight is 415 g/mol. The molecule has 0 saturated heterocycles. The molecule has 0 aromatic carbocycles. The molecule has 168 valence electrons. The van der Waals surface area contributed by atoms with Crippen LogP contribution < -0.4 is 0 Å². The molecular formula is C27H42O3. The number of carboxylic acids is 1. The van der Waals surface area contributed by atoms with Gasteiger partial charge in [-0.3, -0.25) is 4.79 Å². The van der Waals surface area contributed by atoms with Crippen LogP contribution in [0.4, 0.5) is 0 Å². The van der Waals surface area contributed by atoms with Crippen molar-refractivity contribution >= 4 is 5.97 Å². The Bertz CT molecular complexity index is 722. The summed E-state index contributed by atoms with van der Waals surface area (Å²) in [5, 5.41) is 20.5. The van der Waals surface area contributed by atoms with E-state index < -0.39 is 11.9 Å². The van der Waals surface area contributed by atoms with Gasteiger partial charge in [-0.2, -0.15) is 0 Å². The number of carbonyl (C=O) groups is 1. The summed E-state index contributed by atoms with van der Waals surface area (Å²) in [4.78, 5) is 12.0. The first-order valence-electron chi connectivity index (χ1n) is 12.4. The monoisotopic (exact) mass is 414 g/mol. The molecule has 3 saturated carbocycles. The summed E-state index contributed by atoms with van der Waals surface area (Å²) in [6.45, 7) is 9.19. The Balaban J connectivity index is 1.54. The van der Waals surface area contributed by atoms with Gasteiger partial charge in [-0.05, 0) is 98.2 Å². The van der Waals surface area contributed by atoms with Gasteiger partial charge in [0.2, 0.25) is 0 Å². The van der Waals surface area contributed by atoms with Crippen molar-refractivity contribution in [2.75, 3.05) is 0 Å². The summed E-state index contributed by atoms with van der Waals surface area (Å²) in [5.41, 5.74) is 1.57. The molecule has 0 bridgehead atoms. The maximum Gasteiger partial charge on any atom is 0.314 e. The number of rotatable bonds is 5. The van der Waals surface area contributed by atoms with E-state index in [1.165, 1.54) is 25.7 Å². The van der Waals surface area contributed by atoms with Crippen LogP contribution in [0.1, 0.15) is 85.5 Å². The first kappa shape index (κ1) is 22.1. The molecule has 0 amide bonds. The highest BCUT2D eigenvalue weighted by atomic mass is 16.4. The van der Waals surface area contributed by atoms with E-state index in [1.807, 2.05) is 6.08 Å². The predicted octanol–water partition coefficient (Wildman–Crippen LogP) is 6.23. The van der Waals surface area contributed by atoms with Gasteiger partial charge in [0.15, 0.2) is 0 Å². The molecule has 3 nitrogen and oxygen atoms in total. The highest BCUT2D eigenvalue weighted by Crippen LogP contribution is 2.66. The third-order valence-corrected chi connectivity index (χ3v) is 9.90. The fourth-order valence-corrected chi connectivity index (χ4v) is 7.98. The summed E-state index contributed by atoms with van der Waals surface area (Å²) in [5.74, 6) is 2.17. The summed E-state index contributed by atoms with van der Waals surface area (Å²) in [7, 11) is 0. The highest BCUT2D eigenvalue weighted by Gasteiger charge is 2.59. The number of hydrogen-bond donors (Lipinski definition) is 2. The van der Waals surface area contributed by atoms with Crippen LogP contribution in [0, 0.1) is 46.3 Å². The van der Waals surface area contributed by atoms with Gasteiger partial charge in [-0.1, -0.05) is 51.5 Å². The van der Waals surface area contributed by atoms with Gasteiger partial charge < -0.3 is 10.2 Å². The van der Waals surface area contributed by atoms with Crippen molar-refractivity contribution in [2.45, 2.75) is 91.6 Å². The van der Waals surface area contributed by atoms with Gasteiger partial charge >= 0.3 is 5.97 Å². The molecule has 0 heterocycles. The van der Waals surface area contributed by atoms with E-state index >= 15 is 0 Å². The minimum Gasteiger partial charge on any atom is -0.481 e. The third-order valence-electron chi connectivity index (χ3n) is 9.90. The number of carboxylic acid groups (broad SMARTS) is 1. The van der Waals surface area contributed by atoms with Gasteiger partial charge in [-0.15, -0.1) is 0 Å². The number of allylic oxidation sites excluding steroid dienone is 2. The van der Waals surface area contributed by atoms with Crippen molar-refractivity contribution in [1.29, 1.82) is 0 Å². The van der Waals surface area contributed by atoms with Crippen LogP contribution in [0.15, 0.2) is 23.8 Å². The van der Waals surface area contributed by atoms with Gasteiger partial charge in [0, 0.05) is 0 Å². The van der Waals surface area contributed by atoms with Crippen molar-refractivity contribution in [1.82, 2.24) is 0 Å². The molecule has 0 radical (unpaired) electrons. The molecule has 3 heteroatoms. The molecule has 0 unspecified atom stereocenters. The van der Waals surface area contributed by atoms with Crippen LogP contribution in [0.5, 0.6) is 0 Å². The average Bonchev–Trinajstić information content (AvgIpc) is 2.99. The lowest BCUT2D eigenvalue weighted by Crippen LogP contribution is -2.53. The maximum atomic E-state index is 12.0. The van der Waals surface area contributed by atoms with Crippen LogP contribution in [0.2, 0.25) is 0 Å². The zero-order chi connectivity index (χ0) is 21.7. The fourth-order valence-electron chi connectivity index (χ4n) is 7.98. The summed E-state index contributed by atoms with van der Waals surface area (Å²) < 4.78 is 0. The fraction of sp³-hybridized carbons (Fsp3) is 0.815. The molecule has 4 rings (SSSR count). The molecule has 0 aliphatic heterocycles. The second-order valence-electron chi connectivity index (χ2n) is 11.9. The normalized spacial score (nSPS) is 44.3. The SMILES string of the molecule is CC(C)CC=C[C@H](C(=O)O)C1=CC[C@@]2(C)[C@@H](CC[C@@H]3[C@H]4CC[C@H](O)[C@@]4(C)CC[C@@H]32)C1. The quantitative estimate of drug-likeness (QED) is 0.524. The summed E-state index contributed by atoms with van der Waals surface area (Å²) in [6.07, 6.45) is 16.2. The molecular weight excluding hydrogens is 372 g/mol. The van der Waals surface area contributed by atoms with Crippen molar-refractivity contribution < 1.29 is 15.0 Å². The topological polar surface area (TPSA) is 57.5 Å². The van der Waals surface area contributed by atoms with Crippen molar-refractivity contribution in [3.63, 3.8) is 0 Å². The second-order valence-corrected chi connectivity index (χ2v) is 11.9. The van der Waals surface area contributed by atoms with Gasteiger partial charge in [0.05, 0.1) is 12.0 Å². The van der Waals surface area contributed by atoms with Crippen LogP contribution in [0.25, 0.3) is 0 Å². The van der Waals surface area contributed by atoms with Gasteiger partial charge in [0.1, 0.15) is 0 Å². The van der Waals surface area contributed by atoms with Crippen LogP contribution in [-0.4, -0.2) is 22.3 Å². The van der Waals surface area contributed by atoms with Crippen molar-refractivity contribution in [3.05, 3.63) is 23.8 Å². The lowest BCUT2D eigenvalue weighted by atomic mass is 9.45. The standard InChI is InChI=1S/C27H42O3/c1-17(2)6-5-7-20(25(29)30)18-12-14-26(3)19(16-18)8-9-21-22-10-11-24(28)27(22,4)15-13-23(21)26/h5,7,12,17,19-24,28H,6,8-11,13-16H2,1-4H3,(H,29,30)/t19-,20-,21+,22+,23-,24-,26-,27-/m0/s1. The first-order chi connectivity index (χ1) is 14.2. The van der Waals surface area contributed by atoms with Crippen molar-refractivity contribution in [3.8, 4) is 0 Å². The number of hydrogen-bond acceptors (Lipinski definition) is 2. The van der Waals surface area contributed by atoms with E-state index in [9.17, 15) is 15.0 Å². The van der Waals surface area contributed by atoms with E-state index in [2.05, 4.69) is 39.8 Å². The Morgan fingerprint density at radius 1 is 1.13 bits per heavy atom. The maximum absolute atomic E-state index is 12.0. The molecule has 3 fully saturated rings. The molecule has 2 N–H and O–H groups in total. The van der Waals surface area contributed by atoms with E-state index in [0.717, 1.165) is 49.5 Å². The van der Waals surface area contributed by atoms with E-state index in [-0.39, 0.29) is 11.5 Å². The smallest absolute Gasteiger partial charge is 0.314 e. The lowest BCUT2D eigenvalue weighted by Gasteiger charge is -2.60. The minimum atomic E-state index is -0.702. The molecule has 0 aromatic rings. The minimum absolute atomic E-state index is 0.110. The van der Waals surface area contributed by atoms with Crippen LogP contribution in [-0.2, 0) is 4.79 Å². The van der Waals surface area contributed by atoms with E-state index in [4.69, 9.17) is 0 Å². The zero-order valence-electron chi connectivity index (χ0n) is 19.4. The predicted molar refractivity (Wildman–Crippen MR) is 121 cm³/mol. The van der Waals surface area contributed by atoms with Gasteiger partial charge in [-0.25, -0.2) is 0 Å². The first-order valence-corrected chi connectivity index (χ1v) is 12.4. The summed E-state index contributed by atoms with van der Waals surface area (Å²) >= 11 is 0. The molecule has 4 aliphatic rings. The third kappa shape index (κ3) is 3.59. The molecule has 0 spiro atoms. The molecule has 30 heavy (non-hydrogen) atoms. The van der Waals surface area contributed by atoms with Gasteiger partial charge in [0.25, 0.3) is 0 Å². The lowest BCUT2D eigenvalue weighted by molar-refractivity contribution is -0.139. The Morgan fingerprint density at radius 3 is 2.57 bits per heavy atom.